The van der Waals surface area contributed by atoms with Gasteiger partial charge in [-0.3, -0.25) is 0 Å². The molecule has 0 aliphatic carbocycles. The second kappa shape index (κ2) is 9.84. The van der Waals surface area contributed by atoms with Crippen molar-refractivity contribution < 1.29 is 8.42 Å². The zero-order chi connectivity index (χ0) is 23.4. The van der Waals surface area contributed by atoms with Gasteiger partial charge in [0, 0.05) is 48.2 Å². The summed E-state index contributed by atoms with van der Waals surface area (Å²) in [5, 5.41) is 0. The number of rotatable bonds is 9. The summed E-state index contributed by atoms with van der Waals surface area (Å²) < 4.78 is 31.4. The van der Waals surface area contributed by atoms with Crippen molar-refractivity contribution in [1.82, 2.24) is 19.5 Å². The van der Waals surface area contributed by atoms with Crippen molar-refractivity contribution in [3.05, 3.63) is 77.5 Å². The van der Waals surface area contributed by atoms with Crippen LogP contribution in [0, 0.1) is 5.92 Å². The lowest BCUT2D eigenvalue weighted by Crippen LogP contribution is -2.14. The van der Waals surface area contributed by atoms with E-state index in [9.17, 15) is 8.42 Å². The number of nitrogens with zero attached hydrogens (tertiary/aromatic N) is 4. The molecule has 0 saturated carbocycles. The molecule has 33 heavy (non-hydrogen) atoms. The zero-order valence-electron chi connectivity index (χ0n) is 18.9. The van der Waals surface area contributed by atoms with Crippen molar-refractivity contribution in [1.29, 1.82) is 0 Å². The van der Waals surface area contributed by atoms with Gasteiger partial charge < -0.3 is 4.57 Å². The SMILES string of the molecule is CCc1nccn1Cc1ccc(-c2cc(CC(C)C)sc2S(=O)(=O)Nc2ncccn2)cc1. The first-order valence-electron chi connectivity index (χ1n) is 10.9. The van der Waals surface area contributed by atoms with Crippen molar-refractivity contribution in [3.8, 4) is 11.1 Å². The van der Waals surface area contributed by atoms with Gasteiger partial charge in [-0.1, -0.05) is 45.0 Å². The Kier molecular flexibility index (Phi) is 6.90. The maximum Gasteiger partial charge on any atom is 0.274 e. The van der Waals surface area contributed by atoms with E-state index in [0.717, 1.165) is 41.2 Å². The van der Waals surface area contributed by atoms with E-state index in [1.807, 2.05) is 42.7 Å². The minimum absolute atomic E-state index is 0.0599. The molecule has 172 valence electrons. The van der Waals surface area contributed by atoms with Crippen LogP contribution in [0.4, 0.5) is 5.95 Å². The number of benzene rings is 1. The van der Waals surface area contributed by atoms with Crippen molar-refractivity contribution in [2.24, 2.45) is 5.92 Å². The monoisotopic (exact) mass is 481 g/mol. The Morgan fingerprint density at radius 2 is 1.79 bits per heavy atom. The van der Waals surface area contributed by atoms with Gasteiger partial charge >= 0.3 is 0 Å². The average molecular weight is 482 g/mol. The highest BCUT2D eigenvalue weighted by molar-refractivity contribution is 7.94. The number of nitrogens with one attached hydrogen (secondary N) is 1. The van der Waals surface area contributed by atoms with Gasteiger partial charge in [-0.25, -0.2) is 28.1 Å². The van der Waals surface area contributed by atoms with Crippen LogP contribution in [0.3, 0.4) is 0 Å². The fraction of sp³-hybridized carbons (Fsp3) is 0.292. The summed E-state index contributed by atoms with van der Waals surface area (Å²) in [7, 11) is -3.84. The Balaban J connectivity index is 1.67. The number of anilines is 1. The van der Waals surface area contributed by atoms with Crippen molar-refractivity contribution in [2.45, 2.75) is 44.4 Å². The van der Waals surface area contributed by atoms with Gasteiger partial charge in [0.15, 0.2) is 0 Å². The lowest BCUT2D eigenvalue weighted by Gasteiger charge is -2.09. The molecular formula is C24H27N5O2S2. The van der Waals surface area contributed by atoms with Crippen LogP contribution in [0.5, 0.6) is 0 Å². The zero-order valence-corrected chi connectivity index (χ0v) is 20.5. The fourth-order valence-electron chi connectivity index (χ4n) is 3.63. The lowest BCUT2D eigenvalue weighted by atomic mass is 10.0. The minimum Gasteiger partial charge on any atom is -0.331 e. The van der Waals surface area contributed by atoms with E-state index in [0.29, 0.717) is 11.5 Å². The summed E-state index contributed by atoms with van der Waals surface area (Å²) in [6.07, 6.45) is 8.49. The molecule has 0 bridgehead atoms. The van der Waals surface area contributed by atoms with Crippen molar-refractivity contribution in [3.63, 3.8) is 0 Å². The third-order valence-corrected chi connectivity index (χ3v) is 8.15. The van der Waals surface area contributed by atoms with Crippen molar-refractivity contribution in [2.75, 3.05) is 4.72 Å². The first kappa shape index (κ1) is 23.1. The van der Waals surface area contributed by atoms with Crippen LogP contribution >= 0.6 is 11.3 Å². The molecule has 0 fully saturated rings. The molecule has 1 aromatic carbocycles. The van der Waals surface area contributed by atoms with E-state index in [1.165, 1.54) is 23.7 Å². The molecule has 0 spiro atoms. The number of aromatic nitrogens is 4. The van der Waals surface area contributed by atoms with Gasteiger partial charge in [0.1, 0.15) is 10.0 Å². The van der Waals surface area contributed by atoms with Crippen LogP contribution in [0.1, 0.15) is 37.0 Å². The molecule has 4 rings (SSSR count). The third kappa shape index (κ3) is 5.48. The molecular weight excluding hydrogens is 454 g/mol. The molecule has 0 aliphatic rings. The predicted octanol–water partition coefficient (Wildman–Crippen LogP) is 5.01. The Hall–Kier alpha value is -3.04. The van der Waals surface area contributed by atoms with Crippen molar-refractivity contribution >= 4 is 27.3 Å². The maximum absolute atomic E-state index is 13.3. The molecule has 1 N–H and O–H groups in total. The second-order valence-electron chi connectivity index (χ2n) is 8.21. The molecule has 0 aliphatic heterocycles. The molecule has 0 atom stereocenters. The maximum atomic E-state index is 13.3. The minimum atomic E-state index is -3.84. The molecule has 4 aromatic rings. The molecule has 0 saturated heterocycles. The number of aryl methyl sites for hydroxylation is 1. The number of imidazole rings is 1. The van der Waals surface area contributed by atoms with Gasteiger partial charge in [0.2, 0.25) is 5.95 Å². The molecule has 9 heteroatoms. The van der Waals surface area contributed by atoms with Crippen LogP contribution < -0.4 is 4.72 Å². The summed E-state index contributed by atoms with van der Waals surface area (Å²) >= 11 is 1.30. The van der Waals surface area contributed by atoms with E-state index in [4.69, 9.17) is 0 Å². The molecule has 0 radical (unpaired) electrons. The van der Waals surface area contributed by atoms with Gasteiger partial charge in [0.25, 0.3) is 10.0 Å². The first-order chi connectivity index (χ1) is 15.9. The van der Waals surface area contributed by atoms with Crippen LogP contribution in [0.25, 0.3) is 11.1 Å². The van der Waals surface area contributed by atoms with Crippen LogP contribution in [0.15, 0.2) is 65.4 Å². The van der Waals surface area contributed by atoms with Crippen LogP contribution in [0.2, 0.25) is 0 Å². The summed E-state index contributed by atoms with van der Waals surface area (Å²) in [6.45, 7) is 7.06. The second-order valence-corrected chi connectivity index (χ2v) is 11.2. The summed E-state index contributed by atoms with van der Waals surface area (Å²) in [6, 6.07) is 11.7. The predicted molar refractivity (Wildman–Crippen MR) is 132 cm³/mol. The van der Waals surface area contributed by atoms with E-state index >= 15 is 0 Å². The summed E-state index contributed by atoms with van der Waals surface area (Å²) in [5.74, 6) is 1.52. The quantitative estimate of drug-likeness (QED) is 0.363. The van der Waals surface area contributed by atoms with E-state index in [1.54, 1.807) is 6.07 Å². The molecule has 0 unspecified atom stereocenters. The highest BCUT2D eigenvalue weighted by Crippen LogP contribution is 2.37. The van der Waals surface area contributed by atoms with Gasteiger partial charge in [-0.2, -0.15) is 0 Å². The van der Waals surface area contributed by atoms with E-state index in [-0.39, 0.29) is 10.2 Å². The first-order valence-corrected chi connectivity index (χ1v) is 13.2. The smallest absolute Gasteiger partial charge is 0.274 e. The highest BCUT2D eigenvalue weighted by atomic mass is 32.2. The van der Waals surface area contributed by atoms with Crippen LogP contribution in [-0.2, 0) is 29.4 Å². The fourth-order valence-corrected chi connectivity index (χ4v) is 6.54. The van der Waals surface area contributed by atoms with Gasteiger partial charge in [0.05, 0.1) is 0 Å². The molecule has 3 heterocycles. The highest BCUT2D eigenvalue weighted by Gasteiger charge is 2.24. The topological polar surface area (TPSA) is 89.8 Å². The van der Waals surface area contributed by atoms with E-state index in [2.05, 4.69) is 45.0 Å². The Morgan fingerprint density at radius 1 is 1.06 bits per heavy atom. The largest absolute Gasteiger partial charge is 0.331 e. The van der Waals surface area contributed by atoms with E-state index < -0.39 is 10.0 Å². The summed E-state index contributed by atoms with van der Waals surface area (Å²) in [5.41, 5.74) is 2.69. The Bertz CT molecular complexity index is 1310. The Labute approximate surface area is 198 Å². The molecule has 0 amide bonds. The van der Waals surface area contributed by atoms with Gasteiger partial charge in [-0.05, 0) is 35.6 Å². The molecule has 7 nitrogen and oxygen atoms in total. The molecule has 3 aromatic heterocycles. The number of thiophene rings is 1. The standard InChI is InChI=1S/C24H27N5O2S2/c1-4-22-25-12-13-29(22)16-18-6-8-19(9-7-18)21-15-20(14-17(2)3)32-23(21)33(30,31)28-24-26-10-5-11-27-24/h5-13,15,17H,4,14,16H2,1-3H3,(H,26,27,28). The Morgan fingerprint density at radius 3 is 2.45 bits per heavy atom. The van der Waals surface area contributed by atoms with Gasteiger partial charge in [-0.15, -0.1) is 11.3 Å². The summed E-state index contributed by atoms with van der Waals surface area (Å²) in [4.78, 5) is 13.4. The average Bonchev–Trinajstić information content (AvgIpc) is 3.41. The third-order valence-electron chi connectivity index (χ3n) is 5.13. The van der Waals surface area contributed by atoms with Crippen LogP contribution in [-0.4, -0.2) is 27.9 Å². The number of hydrogen-bond donors (Lipinski definition) is 1. The normalized spacial score (nSPS) is 11.8. The lowest BCUT2D eigenvalue weighted by molar-refractivity contribution is 0.603. The number of sulfonamides is 1. The number of hydrogen-bond acceptors (Lipinski definition) is 6.